The van der Waals surface area contributed by atoms with Gasteiger partial charge in [-0.15, -0.1) is 0 Å². The van der Waals surface area contributed by atoms with Gasteiger partial charge in [0, 0.05) is 17.8 Å². The highest BCUT2D eigenvalue weighted by Crippen LogP contribution is 2.39. The molecule has 1 aromatic rings. The molecule has 5 nitrogen and oxygen atoms in total. The second kappa shape index (κ2) is 4.87. The Labute approximate surface area is 110 Å². The van der Waals surface area contributed by atoms with E-state index < -0.39 is 21.2 Å². The third kappa shape index (κ3) is 2.36. The lowest BCUT2D eigenvalue weighted by Gasteiger charge is -2.38. The number of hydrogen-bond donors (Lipinski definition) is 0. The lowest BCUT2D eigenvalue weighted by atomic mass is 9.93. The van der Waals surface area contributed by atoms with Crippen LogP contribution in [0.1, 0.15) is 23.6 Å². The van der Waals surface area contributed by atoms with Crippen molar-refractivity contribution in [3.8, 4) is 0 Å². The van der Waals surface area contributed by atoms with Crippen LogP contribution in [0.3, 0.4) is 0 Å². The van der Waals surface area contributed by atoms with Gasteiger partial charge in [-0.2, -0.15) is 8.42 Å². The minimum Gasteiger partial charge on any atom is -0.380 e. The molecule has 1 heterocycles. The molecule has 1 atom stereocenters. The number of halogens is 1. The number of benzene rings is 1. The number of rotatable bonds is 4. The van der Waals surface area contributed by atoms with Gasteiger partial charge < -0.3 is 4.74 Å². The Kier molecular flexibility index (Phi) is 3.61. The second-order valence-corrected chi connectivity index (χ2v) is 6.37. The maximum Gasteiger partial charge on any atom is 0.324 e. The molecule has 1 amide bonds. The third-order valence-electron chi connectivity index (χ3n) is 2.85. The van der Waals surface area contributed by atoms with E-state index in [1.807, 2.05) is 12.1 Å². The van der Waals surface area contributed by atoms with Crippen LogP contribution < -0.4 is 0 Å². The van der Waals surface area contributed by atoms with E-state index in [-0.39, 0.29) is 6.42 Å². The largest absolute Gasteiger partial charge is 0.380 e. The van der Waals surface area contributed by atoms with E-state index in [4.69, 9.17) is 15.4 Å². The Morgan fingerprint density at radius 1 is 1.44 bits per heavy atom. The fraction of sp³-hybridized carbons (Fsp3) is 0.364. The molecule has 1 fully saturated rings. The summed E-state index contributed by atoms with van der Waals surface area (Å²) in [7, 11) is 2.78. The summed E-state index contributed by atoms with van der Waals surface area (Å²) in [6.45, 7) is 0.358. The van der Waals surface area contributed by atoms with E-state index in [0.717, 1.165) is 11.1 Å². The van der Waals surface area contributed by atoms with Crippen molar-refractivity contribution in [3.05, 3.63) is 35.4 Å². The van der Waals surface area contributed by atoms with Crippen molar-refractivity contribution in [1.29, 1.82) is 0 Å². The molecular weight excluding hydrogens is 278 g/mol. The summed E-state index contributed by atoms with van der Waals surface area (Å²) in [6.07, 6.45) is 0.146. The standard InChI is InChI=1S/C11H12ClNO4S/c1-17-7-8-4-2-3-5-9(8)10-6-11(14)13(10)18(12,15)16/h2-5,10H,6-7H2,1H3. The van der Waals surface area contributed by atoms with Crippen molar-refractivity contribution in [2.75, 3.05) is 7.11 Å². The predicted molar refractivity (Wildman–Crippen MR) is 66.1 cm³/mol. The molecule has 7 heteroatoms. The summed E-state index contributed by atoms with van der Waals surface area (Å²) in [5.74, 6) is -0.484. The predicted octanol–water partition coefficient (Wildman–Crippen LogP) is 1.59. The van der Waals surface area contributed by atoms with E-state index in [1.165, 1.54) is 0 Å². The first-order chi connectivity index (χ1) is 8.45. The quantitative estimate of drug-likeness (QED) is 0.624. The molecule has 98 valence electrons. The first kappa shape index (κ1) is 13.3. The molecule has 18 heavy (non-hydrogen) atoms. The average molecular weight is 290 g/mol. The minimum absolute atomic E-state index is 0.146. The molecular formula is C11H12ClNO4S. The highest BCUT2D eigenvalue weighted by molar-refractivity contribution is 8.12. The van der Waals surface area contributed by atoms with Crippen molar-refractivity contribution in [2.45, 2.75) is 19.1 Å². The van der Waals surface area contributed by atoms with Crippen molar-refractivity contribution in [1.82, 2.24) is 4.31 Å². The molecule has 1 aromatic carbocycles. The molecule has 0 spiro atoms. The lowest BCUT2D eigenvalue weighted by molar-refractivity contribution is -0.137. The van der Waals surface area contributed by atoms with E-state index >= 15 is 0 Å². The molecule has 0 saturated carbocycles. The van der Waals surface area contributed by atoms with E-state index in [1.54, 1.807) is 19.2 Å². The minimum atomic E-state index is -4.03. The van der Waals surface area contributed by atoms with Crippen LogP contribution in [-0.4, -0.2) is 25.7 Å². The van der Waals surface area contributed by atoms with Crippen LogP contribution >= 0.6 is 10.7 Å². The average Bonchev–Trinajstić information content (AvgIpc) is 2.25. The van der Waals surface area contributed by atoms with Crippen molar-refractivity contribution in [3.63, 3.8) is 0 Å². The van der Waals surface area contributed by atoms with Crippen LogP contribution in [0.4, 0.5) is 0 Å². The van der Waals surface area contributed by atoms with Crippen molar-refractivity contribution >= 4 is 25.8 Å². The SMILES string of the molecule is COCc1ccccc1C1CC(=O)N1S(=O)(=O)Cl. The van der Waals surface area contributed by atoms with Gasteiger partial charge in [0.25, 0.3) is 0 Å². The Balaban J connectivity index is 2.36. The van der Waals surface area contributed by atoms with Gasteiger partial charge in [0.2, 0.25) is 5.91 Å². The molecule has 0 aliphatic carbocycles. The summed E-state index contributed by atoms with van der Waals surface area (Å²) in [6, 6.07) is 6.71. The lowest BCUT2D eigenvalue weighted by Crippen LogP contribution is -2.48. The first-order valence-electron chi connectivity index (χ1n) is 5.28. The Morgan fingerprint density at radius 2 is 2.11 bits per heavy atom. The van der Waals surface area contributed by atoms with Gasteiger partial charge in [-0.3, -0.25) is 4.79 Å². The van der Waals surface area contributed by atoms with Crippen LogP contribution in [0, 0.1) is 0 Å². The summed E-state index contributed by atoms with van der Waals surface area (Å²) in [5.41, 5.74) is 1.60. The van der Waals surface area contributed by atoms with Gasteiger partial charge >= 0.3 is 9.24 Å². The molecule has 1 saturated heterocycles. The summed E-state index contributed by atoms with van der Waals surface area (Å²) < 4.78 is 28.4. The molecule has 1 aliphatic rings. The molecule has 0 N–H and O–H groups in total. The summed E-state index contributed by atoms with van der Waals surface area (Å²) >= 11 is 0. The number of nitrogens with zero attached hydrogens (tertiary/aromatic N) is 1. The smallest absolute Gasteiger partial charge is 0.324 e. The highest BCUT2D eigenvalue weighted by Gasteiger charge is 2.45. The Morgan fingerprint density at radius 3 is 2.67 bits per heavy atom. The molecule has 1 unspecified atom stereocenters. The van der Waals surface area contributed by atoms with Gasteiger partial charge in [-0.05, 0) is 11.1 Å². The zero-order valence-corrected chi connectivity index (χ0v) is 11.2. The molecule has 2 rings (SSSR count). The van der Waals surface area contributed by atoms with E-state index in [0.29, 0.717) is 10.9 Å². The fourth-order valence-electron chi connectivity index (χ4n) is 2.06. The normalized spacial score (nSPS) is 19.8. The Hall–Kier alpha value is -1.11. The van der Waals surface area contributed by atoms with Gasteiger partial charge in [0.05, 0.1) is 19.1 Å². The maximum atomic E-state index is 11.4. The monoisotopic (exact) mass is 289 g/mol. The van der Waals surface area contributed by atoms with E-state index in [9.17, 15) is 13.2 Å². The molecule has 1 aliphatic heterocycles. The second-order valence-electron chi connectivity index (χ2n) is 3.98. The highest BCUT2D eigenvalue weighted by atomic mass is 35.7. The fourth-order valence-corrected chi connectivity index (χ4v) is 3.39. The van der Waals surface area contributed by atoms with E-state index in [2.05, 4.69) is 0 Å². The summed E-state index contributed by atoms with van der Waals surface area (Å²) in [5, 5.41) is 0. The third-order valence-corrected chi connectivity index (χ3v) is 4.22. The zero-order chi connectivity index (χ0) is 13.3. The van der Waals surface area contributed by atoms with Gasteiger partial charge in [-0.1, -0.05) is 24.3 Å². The van der Waals surface area contributed by atoms with Crippen molar-refractivity contribution < 1.29 is 17.9 Å². The molecule has 0 radical (unpaired) electrons. The number of carbonyl (C=O) groups excluding carboxylic acids is 1. The zero-order valence-electron chi connectivity index (χ0n) is 9.67. The number of amides is 1. The topological polar surface area (TPSA) is 63.7 Å². The molecule has 0 bridgehead atoms. The number of methoxy groups -OCH3 is 1. The number of hydrogen-bond acceptors (Lipinski definition) is 4. The maximum absolute atomic E-state index is 11.4. The van der Waals surface area contributed by atoms with Crippen LogP contribution in [0.15, 0.2) is 24.3 Å². The Bertz CT molecular complexity index is 572. The van der Waals surface area contributed by atoms with Crippen LogP contribution in [-0.2, 0) is 25.4 Å². The number of β-lactam (4-membered cyclic amide) rings is 1. The first-order valence-corrected chi connectivity index (χ1v) is 7.55. The number of carbonyl (C=O) groups is 1. The van der Waals surface area contributed by atoms with Crippen LogP contribution in [0.5, 0.6) is 0 Å². The number of ether oxygens (including phenoxy) is 1. The summed E-state index contributed by atoms with van der Waals surface area (Å²) in [4.78, 5) is 11.4. The van der Waals surface area contributed by atoms with Crippen LogP contribution in [0.25, 0.3) is 0 Å². The van der Waals surface area contributed by atoms with Crippen molar-refractivity contribution in [2.24, 2.45) is 0 Å². The van der Waals surface area contributed by atoms with Gasteiger partial charge in [-0.25, -0.2) is 4.31 Å². The van der Waals surface area contributed by atoms with Gasteiger partial charge in [0.15, 0.2) is 0 Å². The molecule has 0 aromatic heterocycles. The van der Waals surface area contributed by atoms with Crippen LogP contribution in [0.2, 0.25) is 0 Å². The van der Waals surface area contributed by atoms with Gasteiger partial charge in [0.1, 0.15) is 0 Å².